The van der Waals surface area contributed by atoms with E-state index in [4.69, 9.17) is 15.2 Å². The fourth-order valence-corrected chi connectivity index (χ4v) is 1.95. The van der Waals surface area contributed by atoms with E-state index in [-0.39, 0.29) is 6.10 Å². The molecule has 2 N–H and O–H groups in total. The number of para-hydroxylation sites is 1. The Hall–Kier alpha value is -1.50. The van der Waals surface area contributed by atoms with Gasteiger partial charge in [0, 0.05) is 6.07 Å². The van der Waals surface area contributed by atoms with E-state index in [1.807, 2.05) is 38.1 Å². The van der Waals surface area contributed by atoms with Crippen LogP contribution in [0.15, 0.2) is 36.4 Å². The average Bonchev–Trinajstić information content (AvgIpc) is 2.35. The maximum Gasteiger partial charge on any atom is 0.240 e. The van der Waals surface area contributed by atoms with Crippen molar-refractivity contribution < 1.29 is 9.47 Å². The number of benzene rings is 1. The summed E-state index contributed by atoms with van der Waals surface area (Å²) in [5.41, 5.74) is 6.32. The Morgan fingerprint density at radius 2 is 1.89 bits per heavy atom. The summed E-state index contributed by atoms with van der Waals surface area (Å²) in [6.45, 7) is 3.85. The Morgan fingerprint density at radius 1 is 1.16 bits per heavy atom. The Morgan fingerprint density at radius 3 is 2.58 bits per heavy atom. The van der Waals surface area contributed by atoms with Gasteiger partial charge in [0.15, 0.2) is 0 Å². The Bertz CT molecular complexity index is 573. The van der Waals surface area contributed by atoms with Gasteiger partial charge in [0.1, 0.15) is 5.75 Å². The van der Waals surface area contributed by atoms with Gasteiger partial charge >= 0.3 is 0 Å². The Kier molecular flexibility index (Phi) is 4.47. The molecule has 0 aliphatic rings. The number of nitrogens with two attached hydrogens (primary N) is 1. The summed E-state index contributed by atoms with van der Waals surface area (Å²) in [6, 6.07) is 11.2. The summed E-state index contributed by atoms with van der Waals surface area (Å²) in [5, 5.41) is 0. The van der Waals surface area contributed by atoms with Crippen molar-refractivity contribution >= 4 is 28.3 Å². The summed E-state index contributed by atoms with van der Waals surface area (Å²) in [5.74, 6) is 1.63. The van der Waals surface area contributed by atoms with Gasteiger partial charge in [0.25, 0.3) is 0 Å². The lowest BCUT2D eigenvalue weighted by molar-refractivity contribution is 0.232. The molecule has 0 saturated carbocycles. The lowest BCUT2D eigenvalue weighted by Crippen LogP contribution is -2.09. The number of hydrogen-bond donors (Lipinski definition) is 1. The van der Waals surface area contributed by atoms with E-state index < -0.39 is 0 Å². The van der Waals surface area contributed by atoms with Gasteiger partial charge in [-0.15, -0.1) is 0 Å². The van der Waals surface area contributed by atoms with E-state index in [1.54, 1.807) is 12.1 Å². The summed E-state index contributed by atoms with van der Waals surface area (Å²) in [6.07, 6.45) is 0.0157. The molecule has 0 atom stereocenters. The fraction of sp³-hybridized carbons (Fsp3) is 0.214. The molecule has 0 radical (unpaired) electrons. The number of pyridine rings is 1. The molecule has 0 saturated heterocycles. The van der Waals surface area contributed by atoms with E-state index in [0.717, 1.165) is 9.32 Å². The predicted molar refractivity (Wildman–Crippen MR) is 83.6 cm³/mol. The molecule has 0 aliphatic heterocycles. The minimum atomic E-state index is 0.0157. The number of nitrogens with zero attached hydrogens (tertiary/aromatic N) is 1. The monoisotopic (exact) mass is 370 g/mol. The number of hydrogen-bond acceptors (Lipinski definition) is 4. The van der Waals surface area contributed by atoms with Gasteiger partial charge in [-0.3, -0.25) is 0 Å². The second-order valence-corrected chi connectivity index (χ2v) is 5.41. The maximum absolute atomic E-state index is 5.82. The minimum absolute atomic E-state index is 0.0157. The smallest absolute Gasteiger partial charge is 0.240 e. The highest BCUT2D eigenvalue weighted by molar-refractivity contribution is 14.1. The van der Waals surface area contributed by atoms with Gasteiger partial charge in [0.05, 0.1) is 15.4 Å². The van der Waals surface area contributed by atoms with Gasteiger partial charge in [-0.05, 0) is 54.6 Å². The molecule has 0 bridgehead atoms. The number of aromatic nitrogens is 1. The van der Waals surface area contributed by atoms with E-state index >= 15 is 0 Å². The van der Waals surface area contributed by atoms with Crippen molar-refractivity contribution in [3.05, 3.63) is 40.0 Å². The molecule has 2 aromatic rings. The molecule has 2 rings (SSSR count). The van der Waals surface area contributed by atoms with Crippen molar-refractivity contribution in [3.63, 3.8) is 0 Å². The Labute approximate surface area is 126 Å². The lowest BCUT2D eigenvalue weighted by atomic mass is 10.3. The normalized spacial score (nSPS) is 10.5. The van der Waals surface area contributed by atoms with Crippen LogP contribution in [-0.4, -0.2) is 11.1 Å². The lowest BCUT2D eigenvalue weighted by Gasteiger charge is -2.12. The van der Waals surface area contributed by atoms with Crippen molar-refractivity contribution in [2.75, 3.05) is 5.73 Å². The standard InChI is InChI=1S/C14H15IN2O2/c1-9(2)18-14-11(16)7-8-13(17-14)19-12-6-4-3-5-10(12)15/h3-9H,16H2,1-2H3. The van der Waals surface area contributed by atoms with Gasteiger partial charge in [0.2, 0.25) is 11.8 Å². The summed E-state index contributed by atoms with van der Waals surface area (Å²) >= 11 is 2.21. The number of anilines is 1. The molecule has 5 heteroatoms. The molecule has 1 heterocycles. The third kappa shape index (κ3) is 3.73. The zero-order valence-electron chi connectivity index (χ0n) is 10.8. The van der Waals surface area contributed by atoms with Gasteiger partial charge in [-0.2, -0.15) is 4.98 Å². The highest BCUT2D eigenvalue weighted by atomic mass is 127. The maximum atomic E-state index is 5.82. The largest absolute Gasteiger partial charge is 0.473 e. The van der Waals surface area contributed by atoms with Crippen molar-refractivity contribution in [1.82, 2.24) is 4.98 Å². The van der Waals surface area contributed by atoms with Crippen molar-refractivity contribution in [3.8, 4) is 17.5 Å². The van der Waals surface area contributed by atoms with Crippen molar-refractivity contribution in [1.29, 1.82) is 0 Å². The average molecular weight is 370 g/mol. The topological polar surface area (TPSA) is 57.4 Å². The molecule has 19 heavy (non-hydrogen) atoms. The second kappa shape index (κ2) is 6.10. The van der Waals surface area contributed by atoms with Crippen LogP contribution in [-0.2, 0) is 0 Å². The zero-order valence-corrected chi connectivity index (χ0v) is 12.9. The molecule has 1 aromatic carbocycles. The first-order valence-corrected chi connectivity index (χ1v) is 6.99. The second-order valence-electron chi connectivity index (χ2n) is 4.24. The molecule has 100 valence electrons. The predicted octanol–water partition coefficient (Wildman–Crippen LogP) is 3.85. The molecule has 0 amide bonds. The summed E-state index contributed by atoms with van der Waals surface area (Å²) in [4.78, 5) is 4.28. The Balaban J connectivity index is 2.24. The van der Waals surface area contributed by atoms with Crippen LogP contribution in [0.5, 0.6) is 17.5 Å². The quantitative estimate of drug-likeness (QED) is 0.831. The number of rotatable bonds is 4. The highest BCUT2D eigenvalue weighted by Gasteiger charge is 2.09. The van der Waals surface area contributed by atoms with E-state index in [1.165, 1.54) is 0 Å². The van der Waals surface area contributed by atoms with Crippen LogP contribution < -0.4 is 15.2 Å². The SMILES string of the molecule is CC(C)Oc1nc(Oc2ccccc2I)ccc1N. The van der Waals surface area contributed by atoms with Crippen LogP contribution in [0.4, 0.5) is 5.69 Å². The molecule has 0 spiro atoms. The number of ether oxygens (including phenoxy) is 2. The first-order chi connectivity index (χ1) is 9.06. The van der Waals surface area contributed by atoms with Gasteiger partial charge in [-0.25, -0.2) is 0 Å². The van der Waals surface area contributed by atoms with Crippen LogP contribution in [0.25, 0.3) is 0 Å². The third-order valence-electron chi connectivity index (χ3n) is 2.26. The van der Waals surface area contributed by atoms with Crippen LogP contribution in [0, 0.1) is 3.57 Å². The first-order valence-electron chi connectivity index (χ1n) is 5.92. The molecule has 0 fully saturated rings. The molecular formula is C14H15IN2O2. The minimum Gasteiger partial charge on any atom is -0.473 e. The van der Waals surface area contributed by atoms with Crippen molar-refractivity contribution in [2.45, 2.75) is 20.0 Å². The summed E-state index contributed by atoms with van der Waals surface area (Å²) in [7, 11) is 0. The van der Waals surface area contributed by atoms with Crippen LogP contribution >= 0.6 is 22.6 Å². The number of nitrogen functional groups attached to an aromatic ring is 1. The molecule has 0 aliphatic carbocycles. The van der Waals surface area contributed by atoms with Crippen LogP contribution in [0.3, 0.4) is 0 Å². The van der Waals surface area contributed by atoms with Crippen molar-refractivity contribution in [2.24, 2.45) is 0 Å². The molecular weight excluding hydrogens is 355 g/mol. The van der Waals surface area contributed by atoms with Gasteiger partial charge in [-0.1, -0.05) is 12.1 Å². The third-order valence-corrected chi connectivity index (χ3v) is 3.15. The summed E-state index contributed by atoms with van der Waals surface area (Å²) < 4.78 is 12.3. The zero-order chi connectivity index (χ0) is 13.8. The first kappa shape index (κ1) is 13.9. The van der Waals surface area contributed by atoms with Crippen LogP contribution in [0.2, 0.25) is 0 Å². The van der Waals surface area contributed by atoms with Gasteiger partial charge < -0.3 is 15.2 Å². The molecule has 4 nitrogen and oxygen atoms in total. The van der Waals surface area contributed by atoms with Crippen LogP contribution in [0.1, 0.15) is 13.8 Å². The molecule has 0 unspecified atom stereocenters. The fourth-order valence-electron chi connectivity index (χ4n) is 1.45. The van der Waals surface area contributed by atoms with E-state index in [0.29, 0.717) is 17.4 Å². The van der Waals surface area contributed by atoms with E-state index in [2.05, 4.69) is 27.6 Å². The molecule has 1 aromatic heterocycles. The van der Waals surface area contributed by atoms with E-state index in [9.17, 15) is 0 Å². The highest BCUT2D eigenvalue weighted by Crippen LogP contribution is 2.28. The number of halogens is 1.